The summed E-state index contributed by atoms with van der Waals surface area (Å²) in [6.07, 6.45) is 0. The molecule has 0 radical (unpaired) electrons. The van der Waals surface area contributed by atoms with E-state index in [4.69, 9.17) is 4.74 Å². The highest BCUT2D eigenvalue weighted by atomic mass is 79.9. The van der Waals surface area contributed by atoms with Gasteiger partial charge in [-0.1, -0.05) is 44.0 Å². The van der Waals surface area contributed by atoms with Crippen molar-refractivity contribution >= 4 is 47.8 Å². The highest BCUT2D eigenvalue weighted by molar-refractivity contribution is 9.11. The van der Waals surface area contributed by atoms with Crippen molar-refractivity contribution in [3.05, 3.63) is 62.3 Å². The maximum Gasteiger partial charge on any atom is 0.137 e. The molecule has 0 bridgehead atoms. The fourth-order valence-electron chi connectivity index (χ4n) is 1.69. The Hall–Kier alpha value is -0.390. The maximum absolute atomic E-state index is 13.6. The van der Waals surface area contributed by atoms with Gasteiger partial charge in [0, 0.05) is 4.47 Å². The Balaban J connectivity index is 2.38. The molecule has 0 heterocycles. The molecular weight excluding hydrogens is 443 g/mol. The normalized spacial score (nSPS) is 12.3. The number of hydrogen-bond donors (Lipinski definition) is 0. The number of methoxy groups -OCH3 is 1. The van der Waals surface area contributed by atoms with Gasteiger partial charge in [0.05, 0.1) is 16.4 Å². The lowest BCUT2D eigenvalue weighted by atomic mass is 10.0. The van der Waals surface area contributed by atoms with E-state index in [2.05, 4.69) is 47.8 Å². The average Bonchev–Trinajstić information content (AvgIpc) is 2.41. The quantitative estimate of drug-likeness (QED) is 0.531. The van der Waals surface area contributed by atoms with E-state index in [1.165, 1.54) is 6.07 Å². The third-order valence-corrected chi connectivity index (χ3v) is 5.07. The summed E-state index contributed by atoms with van der Waals surface area (Å²) in [5.41, 5.74) is 1.87. The Morgan fingerprint density at radius 2 is 1.79 bits per heavy atom. The predicted octanol–water partition coefficient (Wildman–Crippen LogP) is 5.84. The molecule has 1 unspecified atom stereocenters. The zero-order chi connectivity index (χ0) is 14.0. The van der Waals surface area contributed by atoms with Crippen LogP contribution in [0.25, 0.3) is 0 Å². The molecule has 0 saturated heterocycles. The standard InChI is InChI=1S/C14H10Br3FO/c1-19-9-3-4-10(12(16)7-9)14(17)8-2-5-11(15)13(18)6-8/h2-7,14H,1H3. The zero-order valence-corrected chi connectivity index (χ0v) is 14.7. The van der Waals surface area contributed by atoms with Crippen LogP contribution in [0.1, 0.15) is 16.0 Å². The van der Waals surface area contributed by atoms with Gasteiger partial charge in [-0.05, 0) is 51.3 Å². The molecule has 0 N–H and O–H groups in total. The van der Waals surface area contributed by atoms with E-state index in [0.29, 0.717) is 4.47 Å². The van der Waals surface area contributed by atoms with Gasteiger partial charge in [0.15, 0.2) is 0 Å². The van der Waals surface area contributed by atoms with Crippen molar-refractivity contribution in [1.82, 2.24) is 0 Å². The number of rotatable bonds is 3. The average molecular weight is 453 g/mol. The van der Waals surface area contributed by atoms with Crippen LogP contribution >= 0.6 is 47.8 Å². The fraction of sp³-hybridized carbons (Fsp3) is 0.143. The number of alkyl halides is 1. The molecule has 0 aliphatic carbocycles. The maximum atomic E-state index is 13.6. The van der Waals surface area contributed by atoms with Crippen LogP contribution in [0.4, 0.5) is 4.39 Å². The molecule has 0 aliphatic rings. The number of hydrogen-bond acceptors (Lipinski definition) is 1. The summed E-state index contributed by atoms with van der Waals surface area (Å²) < 4.78 is 20.1. The zero-order valence-electron chi connectivity index (χ0n) is 9.96. The molecule has 1 nitrogen and oxygen atoms in total. The summed E-state index contributed by atoms with van der Waals surface area (Å²) in [4.78, 5) is -0.0876. The molecule has 19 heavy (non-hydrogen) atoms. The number of benzene rings is 2. The largest absolute Gasteiger partial charge is 0.497 e. The minimum absolute atomic E-state index is 0.0876. The summed E-state index contributed by atoms with van der Waals surface area (Å²) >= 11 is 10.3. The van der Waals surface area contributed by atoms with E-state index in [1.807, 2.05) is 24.3 Å². The van der Waals surface area contributed by atoms with Crippen molar-refractivity contribution in [3.8, 4) is 5.75 Å². The summed E-state index contributed by atoms with van der Waals surface area (Å²) in [6, 6.07) is 10.8. The summed E-state index contributed by atoms with van der Waals surface area (Å²) in [5, 5.41) is 0. The monoisotopic (exact) mass is 450 g/mol. The van der Waals surface area contributed by atoms with Crippen LogP contribution in [-0.2, 0) is 0 Å². The highest BCUT2D eigenvalue weighted by Gasteiger charge is 2.15. The first-order valence-corrected chi connectivity index (χ1v) is 7.95. The van der Waals surface area contributed by atoms with Gasteiger partial charge in [-0.3, -0.25) is 0 Å². The van der Waals surface area contributed by atoms with Crippen LogP contribution in [0.2, 0.25) is 0 Å². The van der Waals surface area contributed by atoms with Gasteiger partial charge in [0.1, 0.15) is 11.6 Å². The van der Waals surface area contributed by atoms with Crippen molar-refractivity contribution in [2.45, 2.75) is 4.83 Å². The lowest BCUT2D eigenvalue weighted by Gasteiger charge is -2.14. The Morgan fingerprint density at radius 3 is 2.37 bits per heavy atom. The third kappa shape index (κ3) is 3.38. The van der Waals surface area contributed by atoms with E-state index >= 15 is 0 Å². The van der Waals surface area contributed by atoms with Gasteiger partial charge in [0.25, 0.3) is 0 Å². The molecule has 5 heteroatoms. The van der Waals surface area contributed by atoms with Gasteiger partial charge < -0.3 is 4.74 Å². The van der Waals surface area contributed by atoms with Gasteiger partial charge in [-0.15, -0.1) is 0 Å². The Labute approximate surface area is 136 Å². The van der Waals surface area contributed by atoms with E-state index in [-0.39, 0.29) is 10.6 Å². The summed E-state index contributed by atoms with van der Waals surface area (Å²) in [5.74, 6) is 0.504. The van der Waals surface area contributed by atoms with Gasteiger partial charge in [0.2, 0.25) is 0 Å². The Bertz CT molecular complexity index is 601. The molecule has 0 amide bonds. The van der Waals surface area contributed by atoms with Crippen molar-refractivity contribution in [1.29, 1.82) is 0 Å². The predicted molar refractivity (Wildman–Crippen MR) is 85.6 cm³/mol. The molecule has 0 fully saturated rings. The Kier molecular flexibility index (Phi) is 5.03. The molecular formula is C14H10Br3FO. The van der Waals surface area contributed by atoms with Gasteiger partial charge in [-0.25, -0.2) is 4.39 Å². The molecule has 2 aromatic rings. The molecule has 2 rings (SSSR count). The molecule has 2 aromatic carbocycles. The van der Waals surface area contributed by atoms with Crippen LogP contribution in [0.5, 0.6) is 5.75 Å². The first kappa shape index (κ1) is 15.0. The van der Waals surface area contributed by atoms with Gasteiger partial charge >= 0.3 is 0 Å². The molecule has 0 saturated carbocycles. The molecule has 0 aliphatic heterocycles. The second kappa shape index (κ2) is 6.37. The fourth-order valence-corrected chi connectivity index (χ4v) is 3.51. The van der Waals surface area contributed by atoms with Crippen molar-refractivity contribution < 1.29 is 9.13 Å². The highest BCUT2D eigenvalue weighted by Crippen LogP contribution is 2.37. The second-order valence-electron chi connectivity index (χ2n) is 3.92. The first-order valence-electron chi connectivity index (χ1n) is 5.45. The van der Waals surface area contributed by atoms with Gasteiger partial charge in [-0.2, -0.15) is 0 Å². The number of ether oxygens (including phenoxy) is 1. The van der Waals surface area contributed by atoms with Crippen LogP contribution in [-0.4, -0.2) is 7.11 Å². The third-order valence-electron chi connectivity index (χ3n) is 2.72. The second-order valence-corrected chi connectivity index (χ2v) is 6.55. The van der Waals surface area contributed by atoms with E-state index in [9.17, 15) is 4.39 Å². The van der Waals surface area contributed by atoms with E-state index in [0.717, 1.165) is 21.3 Å². The van der Waals surface area contributed by atoms with E-state index < -0.39 is 0 Å². The first-order chi connectivity index (χ1) is 9.02. The lowest BCUT2D eigenvalue weighted by molar-refractivity contribution is 0.414. The lowest BCUT2D eigenvalue weighted by Crippen LogP contribution is -1.96. The van der Waals surface area contributed by atoms with Crippen molar-refractivity contribution in [2.75, 3.05) is 7.11 Å². The molecule has 0 spiro atoms. The summed E-state index contributed by atoms with van der Waals surface area (Å²) in [6.45, 7) is 0. The van der Waals surface area contributed by atoms with Crippen LogP contribution in [0.15, 0.2) is 45.3 Å². The Morgan fingerprint density at radius 1 is 1.05 bits per heavy atom. The van der Waals surface area contributed by atoms with Crippen LogP contribution in [0, 0.1) is 5.82 Å². The van der Waals surface area contributed by atoms with Crippen molar-refractivity contribution in [2.24, 2.45) is 0 Å². The van der Waals surface area contributed by atoms with Crippen LogP contribution in [0.3, 0.4) is 0 Å². The molecule has 1 atom stereocenters. The SMILES string of the molecule is COc1ccc(C(Br)c2ccc(Br)c(F)c2)c(Br)c1. The summed E-state index contributed by atoms with van der Waals surface area (Å²) in [7, 11) is 1.62. The minimum atomic E-state index is -0.272. The van der Waals surface area contributed by atoms with E-state index in [1.54, 1.807) is 13.2 Å². The molecule has 0 aromatic heterocycles. The number of halogens is 4. The molecule has 100 valence electrons. The van der Waals surface area contributed by atoms with Crippen molar-refractivity contribution in [3.63, 3.8) is 0 Å². The minimum Gasteiger partial charge on any atom is -0.497 e. The smallest absolute Gasteiger partial charge is 0.137 e. The topological polar surface area (TPSA) is 9.23 Å². The van der Waals surface area contributed by atoms with Crippen LogP contribution < -0.4 is 4.74 Å².